The fraction of sp³-hybridized carbons (Fsp3) is 0.778. The van der Waals surface area contributed by atoms with E-state index in [1.54, 1.807) is 11.8 Å². The predicted octanol–water partition coefficient (Wildman–Crippen LogP) is 1.60. The molecule has 1 aromatic rings. The summed E-state index contributed by atoms with van der Waals surface area (Å²) in [5, 5.41) is 3.88. The molecule has 0 bridgehead atoms. The van der Waals surface area contributed by atoms with E-state index in [9.17, 15) is 0 Å². The maximum Gasteiger partial charge on any atom is 0.228 e. The summed E-state index contributed by atoms with van der Waals surface area (Å²) in [6.07, 6.45) is 0.622. The molecule has 4 nitrogen and oxygen atoms in total. The standard InChI is InChI=1S/C9H17N3OS/c1-4-14-6-7-11-8(13-12-7)5-9(2,3)10/h4-6,10H2,1-3H3. The van der Waals surface area contributed by atoms with Crippen molar-refractivity contribution in [2.24, 2.45) is 5.73 Å². The van der Waals surface area contributed by atoms with E-state index in [1.807, 2.05) is 13.8 Å². The Kier molecular flexibility index (Phi) is 3.95. The van der Waals surface area contributed by atoms with Crippen LogP contribution in [0.3, 0.4) is 0 Å². The molecule has 0 saturated carbocycles. The Morgan fingerprint density at radius 1 is 1.50 bits per heavy atom. The van der Waals surface area contributed by atoms with E-state index in [-0.39, 0.29) is 5.54 Å². The van der Waals surface area contributed by atoms with Gasteiger partial charge in [0.2, 0.25) is 5.89 Å². The molecule has 5 heteroatoms. The van der Waals surface area contributed by atoms with Gasteiger partial charge in [-0.3, -0.25) is 0 Å². The first-order chi connectivity index (χ1) is 6.51. The third-order valence-electron chi connectivity index (χ3n) is 1.55. The lowest BCUT2D eigenvalue weighted by atomic mass is 10.0. The van der Waals surface area contributed by atoms with Crippen LogP contribution in [0.2, 0.25) is 0 Å². The summed E-state index contributed by atoms with van der Waals surface area (Å²) in [4.78, 5) is 4.25. The van der Waals surface area contributed by atoms with E-state index in [0.29, 0.717) is 12.3 Å². The second-order valence-corrected chi connectivity index (χ2v) is 5.18. The van der Waals surface area contributed by atoms with Crippen molar-refractivity contribution in [3.63, 3.8) is 0 Å². The van der Waals surface area contributed by atoms with Gasteiger partial charge in [-0.2, -0.15) is 16.7 Å². The van der Waals surface area contributed by atoms with Crippen molar-refractivity contribution >= 4 is 11.8 Å². The summed E-state index contributed by atoms with van der Waals surface area (Å²) in [5.41, 5.74) is 5.55. The molecule has 0 amide bonds. The third kappa shape index (κ3) is 4.11. The van der Waals surface area contributed by atoms with Gasteiger partial charge in [-0.05, 0) is 19.6 Å². The van der Waals surface area contributed by atoms with Gasteiger partial charge in [0.05, 0.1) is 5.75 Å². The van der Waals surface area contributed by atoms with Crippen LogP contribution in [0.1, 0.15) is 32.5 Å². The molecule has 0 aliphatic carbocycles. The molecule has 80 valence electrons. The molecule has 0 aliphatic rings. The van der Waals surface area contributed by atoms with Gasteiger partial charge in [0.25, 0.3) is 0 Å². The van der Waals surface area contributed by atoms with E-state index >= 15 is 0 Å². The van der Waals surface area contributed by atoms with Crippen LogP contribution in [0.5, 0.6) is 0 Å². The number of hydrogen-bond acceptors (Lipinski definition) is 5. The first-order valence-electron chi connectivity index (χ1n) is 4.69. The fourth-order valence-corrected chi connectivity index (χ4v) is 1.51. The quantitative estimate of drug-likeness (QED) is 0.808. The Balaban J connectivity index is 2.51. The minimum atomic E-state index is -0.290. The van der Waals surface area contributed by atoms with Gasteiger partial charge in [0, 0.05) is 12.0 Å². The maximum atomic E-state index is 5.84. The van der Waals surface area contributed by atoms with Crippen molar-refractivity contribution < 1.29 is 4.52 Å². The number of hydrogen-bond donors (Lipinski definition) is 1. The van der Waals surface area contributed by atoms with Crippen LogP contribution in [-0.2, 0) is 12.2 Å². The Labute approximate surface area is 88.6 Å². The van der Waals surface area contributed by atoms with E-state index in [4.69, 9.17) is 10.3 Å². The van der Waals surface area contributed by atoms with E-state index < -0.39 is 0 Å². The van der Waals surface area contributed by atoms with E-state index in [2.05, 4.69) is 17.1 Å². The van der Waals surface area contributed by atoms with Crippen molar-refractivity contribution in [3.05, 3.63) is 11.7 Å². The van der Waals surface area contributed by atoms with Crippen molar-refractivity contribution in [1.29, 1.82) is 0 Å². The SMILES string of the molecule is CCSCc1noc(CC(C)(C)N)n1. The zero-order valence-electron chi connectivity index (χ0n) is 8.91. The second kappa shape index (κ2) is 4.79. The number of aromatic nitrogens is 2. The van der Waals surface area contributed by atoms with Gasteiger partial charge < -0.3 is 10.3 Å². The number of nitrogens with zero attached hydrogens (tertiary/aromatic N) is 2. The van der Waals surface area contributed by atoms with Crippen LogP contribution in [0.25, 0.3) is 0 Å². The Bertz CT molecular complexity index is 280. The molecular formula is C9H17N3OS. The smallest absolute Gasteiger partial charge is 0.228 e. The molecule has 1 rings (SSSR count). The number of nitrogens with two attached hydrogens (primary N) is 1. The minimum absolute atomic E-state index is 0.290. The highest BCUT2D eigenvalue weighted by molar-refractivity contribution is 7.98. The van der Waals surface area contributed by atoms with Gasteiger partial charge in [-0.25, -0.2) is 0 Å². The average Bonchev–Trinajstić information content (AvgIpc) is 2.46. The van der Waals surface area contributed by atoms with Crippen LogP contribution < -0.4 is 5.73 Å². The Morgan fingerprint density at radius 3 is 2.79 bits per heavy atom. The van der Waals surface area contributed by atoms with Gasteiger partial charge in [0.1, 0.15) is 0 Å². The topological polar surface area (TPSA) is 64.9 Å². The molecule has 0 atom stereocenters. The fourth-order valence-electron chi connectivity index (χ4n) is 1.00. The van der Waals surface area contributed by atoms with Crippen LogP contribution in [0, 0.1) is 0 Å². The lowest BCUT2D eigenvalue weighted by molar-refractivity contribution is 0.345. The van der Waals surface area contributed by atoms with Crippen LogP contribution in [0.4, 0.5) is 0 Å². The summed E-state index contributed by atoms with van der Waals surface area (Å²) in [7, 11) is 0. The number of thioether (sulfide) groups is 1. The summed E-state index contributed by atoms with van der Waals surface area (Å²) >= 11 is 1.78. The summed E-state index contributed by atoms with van der Waals surface area (Å²) in [6, 6.07) is 0. The van der Waals surface area contributed by atoms with Crippen molar-refractivity contribution in [3.8, 4) is 0 Å². The van der Waals surface area contributed by atoms with Crippen LogP contribution in [0.15, 0.2) is 4.52 Å². The van der Waals surface area contributed by atoms with E-state index in [1.165, 1.54) is 0 Å². The number of rotatable bonds is 5. The molecule has 0 spiro atoms. The lowest BCUT2D eigenvalue weighted by Gasteiger charge is -2.14. The van der Waals surface area contributed by atoms with Crippen LogP contribution >= 0.6 is 11.8 Å². The third-order valence-corrected chi connectivity index (χ3v) is 2.42. The second-order valence-electron chi connectivity index (χ2n) is 3.91. The molecule has 14 heavy (non-hydrogen) atoms. The van der Waals surface area contributed by atoms with Crippen molar-refractivity contribution in [2.75, 3.05) is 5.75 Å². The zero-order valence-corrected chi connectivity index (χ0v) is 9.73. The Morgan fingerprint density at radius 2 is 2.21 bits per heavy atom. The highest BCUT2D eigenvalue weighted by atomic mass is 32.2. The molecule has 0 radical (unpaired) electrons. The largest absolute Gasteiger partial charge is 0.339 e. The van der Waals surface area contributed by atoms with Gasteiger partial charge >= 0.3 is 0 Å². The zero-order chi connectivity index (χ0) is 10.6. The monoisotopic (exact) mass is 215 g/mol. The first kappa shape index (κ1) is 11.5. The normalized spacial score (nSPS) is 12.0. The average molecular weight is 215 g/mol. The van der Waals surface area contributed by atoms with Crippen molar-refractivity contribution in [1.82, 2.24) is 10.1 Å². The summed E-state index contributed by atoms with van der Waals surface area (Å²) in [5.74, 6) is 3.26. The molecule has 0 aromatic carbocycles. The first-order valence-corrected chi connectivity index (χ1v) is 5.85. The molecule has 0 fully saturated rings. The lowest BCUT2D eigenvalue weighted by Crippen LogP contribution is -2.34. The Hall–Kier alpha value is -0.550. The highest BCUT2D eigenvalue weighted by Gasteiger charge is 2.16. The van der Waals surface area contributed by atoms with Crippen molar-refractivity contribution in [2.45, 2.75) is 38.5 Å². The maximum absolute atomic E-state index is 5.84. The molecule has 1 heterocycles. The predicted molar refractivity (Wildman–Crippen MR) is 58.1 cm³/mol. The summed E-state index contributed by atoms with van der Waals surface area (Å²) in [6.45, 7) is 5.99. The van der Waals surface area contributed by atoms with Gasteiger partial charge in [0.15, 0.2) is 5.82 Å². The van der Waals surface area contributed by atoms with Crippen LogP contribution in [-0.4, -0.2) is 21.4 Å². The molecule has 0 aliphatic heterocycles. The molecular weight excluding hydrogens is 198 g/mol. The minimum Gasteiger partial charge on any atom is -0.339 e. The molecule has 1 aromatic heterocycles. The molecule has 0 unspecified atom stereocenters. The molecule has 2 N–H and O–H groups in total. The van der Waals surface area contributed by atoms with Gasteiger partial charge in [-0.15, -0.1) is 0 Å². The molecule has 0 saturated heterocycles. The highest BCUT2D eigenvalue weighted by Crippen LogP contribution is 2.11. The van der Waals surface area contributed by atoms with Gasteiger partial charge in [-0.1, -0.05) is 12.1 Å². The van der Waals surface area contributed by atoms with E-state index in [0.717, 1.165) is 17.3 Å². The summed E-state index contributed by atoms with van der Waals surface area (Å²) < 4.78 is 5.08.